The topological polar surface area (TPSA) is 3.24 Å². The zero-order valence-corrected chi connectivity index (χ0v) is 29.4. The molecule has 0 N–H and O–H groups in total. The first-order chi connectivity index (χ1) is 24.5. The molecule has 0 heterocycles. The zero-order valence-electron chi connectivity index (χ0n) is 29.4. The van der Waals surface area contributed by atoms with Crippen LogP contribution in [0.15, 0.2) is 164 Å². The Balaban J connectivity index is 1.52. The number of allylic oxidation sites excluding steroid dienone is 1. The van der Waals surface area contributed by atoms with Gasteiger partial charge >= 0.3 is 0 Å². The van der Waals surface area contributed by atoms with Crippen molar-refractivity contribution in [2.75, 3.05) is 4.90 Å². The number of para-hydroxylation sites is 2. The lowest BCUT2D eigenvalue weighted by Gasteiger charge is -2.33. The first kappa shape index (κ1) is 31.6. The molecular weight excluding hydrogens is 603 g/mol. The minimum atomic E-state index is 0.0331. The van der Waals surface area contributed by atoms with Gasteiger partial charge in [-0.25, -0.2) is 0 Å². The van der Waals surface area contributed by atoms with Gasteiger partial charge in [0.25, 0.3) is 0 Å². The summed E-state index contributed by atoms with van der Waals surface area (Å²) in [4.78, 5) is 2.56. The molecule has 0 aromatic heterocycles. The van der Waals surface area contributed by atoms with Crippen LogP contribution >= 0.6 is 0 Å². The van der Waals surface area contributed by atoms with Crippen LogP contribution in [0.1, 0.15) is 49.9 Å². The fourth-order valence-electron chi connectivity index (χ4n) is 8.04. The Morgan fingerprint density at radius 3 is 1.68 bits per heavy atom. The number of anilines is 3. The minimum Gasteiger partial charge on any atom is -0.308 e. The molecule has 50 heavy (non-hydrogen) atoms. The van der Waals surface area contributed by atoms with E-state index in [1.807, 2.05) is 0 Å². The van der Waals surface area contributed by atoms with Crippen LogP contribution in [0.4, 0.5) is 17.1 Å². The highest BCUT2D eigenvalue weighted by atomic mass is 15.2. The van der Waals surface area contributed by atoms with E-state index in [4.69, 9.17) is 0 Å². The molecule has 0 saturated carbocycles. The van der Waals surface area contributed by atoms with Crippen molar-refractivity contribution in [1.82, 2.24) is 0 Å². The van der Waals surface area contributed by atoms with Crippen molar-refractivity contribution < 1.29 is 0 Å². The van der Waals surface area contributed by atoms with E-state index in [0.717, 1.165) is 17.8 Å². The molecule has 244 valence electrons. The number of nitrogens with zero attached hydrogens (tertiary/aromatic N) is 1. The van der Waals surface area contributed by atoms with Crippen LogP contribution in [-0.2, 0) is 11.8 Å². The van der Waals surface area contributed by atoms with Gasteiger partial charge in [-0.2, -0.15) is 0 Å². The van der Waals surface area contributed by atoms with E-state index in [2.05, 4.69) is 202 Å². The quantitative estimate of drug-likeness (QED) is 0.167. The van der Waals surface area contributed by atoms with Gasteiger partial charge in [-0.15, -0.1) is 0 Å². The molecule has 1 aliphatic carbocycles. The molecule has 1 nitrogen and oxygen atoms in total. The van der Waals surface area contributed by atoms with Crippen LogP contribution in [0.2, 0.25) is 0 Å². The number of fused-ring (bicyclic) bond motifs is 2. The van der Waals surface area contributed by atoms with Gasteiger partial charge in [-0.05, 0) is 74.7 Å². The van der Waals surface area contributed by atoms with Crippen molar-refractivity contribution in [1.29, 1.82) is 0 Å². The lowest BCUT2D eigenvalue weighted by atomic mass is 9.78. The highest BCUT2D eigenvalue weighted by molar-refractivity contribution is 6.08. The van der Waals surface area contributed by atoms with Gasteiger partial charge in [0.05, 0.1) is 17.1 Å². The minimum absolute atomic E-state index is 0.0331. The molecule has 0 spiro atoms. The molecule has 0 radical (unpaired) electrons. The molecule has 1 unspecified atom stereocenters. The molecule has 0 amide bonds. The zero-order chi connectivity index (χ0) is 34.2. The van der Waals surface area contributed by atoms with Crippen LogP contribution in [0, 0.1) is 5.92 Å². The first-order valence-corrected chi connectivity index (χ1v) is 17.9. The van der Waals surface area contributed by atoms with E-state index in [0.29, 0.717) is 5.92 Å². The van der Waals surface area contributed by atoms with Gasteiger partial charge in [0.2, 0.25) is 0 Å². The summed E-state index contributed by atoms with van der Waals surface area (Å²) in [6.45, 7) is 9.51. The molecule has 0 saturated heterocycles. The highest BCUT2D eigenvalue weighted by Crippen LogP contribution is 2.53. The number of hydrogen-bond donors (Lipinski definition) is 0. The lowest BCUT2D eigenvalue weighted by molar-refractivity contribution is 0.442. The van der Waals surface area contributed by atoms with Crippen LogP contribution in [0.5, 0.6) is 0 Å². The standard InChI is InChI=1S/C49H43N/c1-5-35-32-38-24-12-13-27-41(38)48(44(35)33-43-34(2)49(3,4)45-29-17-14-28-42(43)45)50(46-30-18-15-25-39(46)36-20-8-6-9-21-36)47-31-19-16-26-40(47)37-22-10-7-11-23-37/h6-34H,5H2,1-4H3/b43-33+. The van der Waals surface area contributed by atoms with Crippen LogP contribution < -0.4 is 4.90 Å². The molecule has 1 aliphatic rings. The summed E-state index contributed by atoms with van der Waals surface area (Å²) in [5.74, 6) is 0.352. The van der Waals surface area contributed by atoms with E-state index in [1.165, 1.54) is 66.5 Å². The van der Waals surface area contributed by atoms with Crippen molar-refractivity contribution in [3.05, 3.63) is 186 Å². The SMILES string of the molecule is CCc1cc2ccccc2c(N(c2ccccc2-c2ccccc2)c2ccccc2-c2ccccc2)c1/C=C1/c2ccccc2C(C)(C)C1C. The van der Waals surface area contributed by atoms with E-state index in [1.54, 1.807) is 0 Å². The molecule has 0 fully saturated rings. The van der Waals surface area contributed by atoms with Gasteiger partial charge in [-0.3, -0.25) is 0 Å². The summed E-state index contributed by atoms with van der Waals surface area (Å²) < 4.78 is 0. The molecule has 8 rings (SSSR count). The van der Waals surface area contributed by atoms with Gasteiger partial charge in [0.15, 0.2) is 0 Å². The van der Waals surface area contributed by atoms with Crippen molar-refractivity contribution >= 4 is 39.5 Å². The van der Waals surface area contributed by atoms with E-state index < -0.39 is 0 Å². The third-order valence-electron chi connectivity index (χ3n) is 11.0. The maximum absolute atomic E-state index is 2.56. The molecule has 1 atom stereocenters. The third-order valence-corrected chi connectivity index (χ3v) is 11.0. The molecule has 1 heteroatoms. The highest BCUT2D eigenvalue weighted by Gasteiger charge is 2.40. The maximum atomic E-state index is 2.56. The third kappa shape index (κ3) is 5.35. The molecular formula is C49H43N. The molecule has 7 aromatic rings. The predicted octanol–water partition coefficient (Wildman–Crippen LogP) is 13.7. The summed E-state index contributed by atoms with van der Waals surface area (Å²) in [5, 5.41) is 2.49. The second-order valence-corrected chi connectivity index (χ2v) is 14.1. The fraction of sp³-hybridized carbons (Fsp3) is 0.143. The Labute approximate surface area is 297 Å². The van der Waals surface area contributed by atoms with E-state index >= 15 is 0 Å². The second kappa shape index (κ2) is 13.0. The van der Waals surface area contributed by atoms with Crippen LogP contribution in [0.25, 0.3) is 44.7 Å². The van der Waals surface area contributed by atoms with Gasteiger partial charge in [0.1, 0.15) is 0 Å². The average Bonchev–Trinajstić information content (AvgIpc) is 3.36. The molecule has 7 aromatic carbocycles. The Kier molecular flexibility index (Phi) is 8.21. The van der Waals surface area contributed by atoms with Crippen molar-refractivity contribution in [2.24, 2.45) is 5.92 Å². The molecule has 0 bridgehead atoms. The Bertz CT molecular complexity index is 2260. The number of benzene rings is 7. The lowest BCUT2D eigenvalue weighted by Crippen LogP contribution is -2.21. The summed E-state index contributed by atoms with van der Waals surface area (Å²) in [6.07, 6.45) is 3.47. The number of hydrogen-bond acceptors (Lipinski definition) is 1. The summed E-state index contributed by atoms with van der Waals surface area (Å²) >= 11 is 0. The smallest absolute Gasteiger partial charge is 0.0615 e. The van der Waals surface area contributed by atoms with Crippen LogP contribution in [0.3, 0.4) is 0 Å². The van der Waals surface area contributed by atoms with Gasteiger partial charge in [-0.1, -0.05) is 179 Å². The maximum Gasteiger partial charge on any atom is 0.0615 e. The van der Waals surface area contributed by atoms with Crippen molar-refractivity contribution in [2.45, 2.75) is 39.5 Å². The van der Waals surface area contributed by atoms with E-state index in [-0.39, 0.29) is 5.41 Å². The van der Waals surface area contributed by atoms with Crippen molar-refractivity contribution in [3.63, 3.8) is 0 Å². The van der Waals surface area contributed by atoms with Crippen LogP contribution in [-0.4, -0.2) is 0 Å². The summed E-state index contributed by atoms with van der Waals surface area (Å²) in [7, 11) is 0. The molecule has 0 aliphatic heterocycles. The second-order valence-electron chi connectivity index (χ2n) is 14.1. The summed E-state index contributed by atoms with van der Waals surface area (Å²) in [5.41, 5.74) is 15.2. The fourth-order valence-corrected chi connectivity index (χ4v) is 8.04. The van der Waals surface area contributed by atoms with Gasteiger partial charge < -0.3 is 4.90 Å². The Hall–Kier alpha value is -5.66. The average molecular weight is 646 g/mol. The normalized spacial score (nSPS) is 15.7. The number of rotatable bonds is 7. The monoisotopic (exact) mass is 645 g/mol. The number of aryl methyl sites for hydroxylation is 1. The Morgan fingerprint density at radius 2 is 1.08 bits per heavy atom. The van der Waals surface area contributed by atoms with Crippen molar-refractivity contribution in [3.8, 4) is 22.3 Å². The largest absolute Gasteiger partial charge is 0.308 e. The van der Waals surface area contributed by atoms with Gasteiger partial charge in [0, 0.05) is 22.1 Å². The Morgan fingerprint density at radius 1 is 0.580 bits per heavy atom. The van der Waals surface area contributed by atoms with E-state index in [9.17, 15) is 0 Å². The summed E-state index contributed by atoms with van der Waals surface area (Å²) in [6, 6.07) is 59.9. The first-order valence-electron chi connectivity index (χ1n) is 17.9. The predicted molar refractivity (Wildman–Crippen MR) is 215 cm³/mol.